The number of benzene rings is 1. The SMILES string of the molecule is C[C@H](Nc1nc(-c2cccnc2)nc2c1cnn2C)c1nc2ccccc2[nH]1. The molecule has 0 unspecified atom stereocenters. The van der Waals surface area contributed by atoms with Crippen molar-refractivity contribution in [3.8, 4) is 11.4 Å². The molecule has 2 N–H and O–H groups in total. The van der Waals surface area contributed by atoms with Crippen LogP contribution >= 0.6 is 0 Å². The standard InChI is InChI=1S/C20H18N8/c1-12(17-24-15-7-3-4-8-16(15)25-17)23-19-14-11-22-28(2)20(14)27-18(26-19)13-6-5-9-21-10-13/h3-12H,1-2H3,(H,24,25)(H,23,26,27)/t12-/m0/s1. The third-order valence-corrected chi connectivity index (χ3v) is 4.68. The van der Waals surface area contributed by atoms with E-state index in [0.29, 0.717) is 11.6 Å². The summed E-state index contributed by atoms with van der Waals surface area (Å²) in [4.78, 5) is 21.6. The third-order valence-electron chi connectivity index (χ3n) is 4.68. The lowest BCUT2D eigenvalue weighted by Gasteiger charge is -2.14. The molecule has 8 heteroatoms. The van der Waals surface area contributed by atoms with Gasteiger partial charge in [0, 0.05) is 25.0 Å². The van der Waals surface area contributed by atoms with E-state index in [9.17, 15) is 0 Å². The number of pyridine rings is 1. The molecule has 5 aromatic rings. The first kappa shape index (κ1) is 16.4. The molecule has 0 saturated carbocycles. The molecule has 0 aliphatic heterocycles. The fraction of sp³-hybridized carbons (Fsp3) is 0.150. The summed E-state index contributed by atoms with van der Waals surface area (Å²) in [6.45, 7) is 2.05. The van der Waals surface area contributed by atoms with Crippen molar-refractivity contribution >= 4 is 27.9 Å². The van der Waals surface area contributed by atoms with Crippen LogP contribution in [0.2, 0.25) is 0 Å². The molecule has 1 aromatic carbocycles. The zero-order chi connectivity index (χ0) is 19.1. The number of rotatable bonds is 4. The van der Waals surface area contributed by atoms with Gasteiger partial charge in [0.05, 0.1) is 28.7 Å². The largest absolute Gasteiger partial charge is 0.360 e. The maximum absolute atomic E-state index is 4.75. The van der Waals surface area contributed by atoms with Crippen LogP contribution in [0.3, 0.4) is 0 Å². The molecule has 1 atom stereocenters. The first-order valence-corrected chi connectivity index (χ1v) is 9.00. The van der Waals surface area contributed by atoms with Crippen molar-refractivity contribution in [1.29, 1.82) is 0 Å². The predicted octanol–water partition coefficient (Wildman–Crippen LogP) is 3.47. The van der Waals surface area contributed by atoms with Crippen molar-refractivity contribution in [2.45, 2.75) is 13.0 Å². The van der Waals surface area contributed by atoms with Gasteiger partial charge in [-0.1, -0.05) is 12.1 Å². The van der Waals surface area contributed by atoms with Gasteiger partial charge in [-0.15, -0.1) is 0 Å². The van der Waals surface area contributed by atoms with E-state index in [1.54, 1.807) is 23.3 Å². The molecule has 0 aliphatic rings. The number of H-pyrrole nitrogens is 1. The Morgan fingerprint density at radius 3 is 2.75 bits per heavy atom. The molecule has 4 heterocycles. The average molecular weight is 370 g/mol. The second kappa shape index (κ2) is 6.41. The number of nitrogens with zero attached hydrogens (tertiary/aromatic N) is 6. The maximum Gasteiger partial charge on any atom is 0.165 e. The minimum Gasteiger partial charge on any atom is -0.360 e. The van der Waals surface area contributed by atoms with Gasteiger partial charge in [0.15, 0.2) is 11.5 Å². The van der Waals surface area contributed by atoms with Crippen molar-refractivity contribution in [2.24, 2.45) is 7.05 Å². The Labute approximate surface area is 160 Å². The molecule has 0 bridgehead atoms. The zero-order valence-corrected chi connectivity index (χ0v) is 15.5. The van der Waals surface area contributed by atoms with E-state index in [1.807, 2.05) is 50.4 Å². The van der Waals surface area contributed by atoms with E-state index >= 15 is 0 Å². The minimum atomic E-state index is -0.0764. The summed E-state index contributed by atoms with van der Waals surface area (Å²) in [5.41, 5.74) is 3.56. The van der Waals surface area contributed by atoms with E-state index < -0.39 is 0 Å². The summed E-state index contributed by atoms with van der Waals surface area (Å²) in [5, 5.41) is 8.67. The Morgan fingerprint density at radius 1 is 1.04 bits per heavy atom. The van der Waals surface area contributed by atoms with Gasteiger partial charge in [-0.25, -0.2) is 15.0 Å². The van der Waals surface area contributed by atoms with Crippen LogP contribution < -0.4 is 5.32 Å². The smallest absolute Gasteiger partial charge is 0.165 e. The number of anilines is 1. The fourth-order valence-corrected chi connectivity index (χ4v) is 3.21. The van der Waals surface area contributed by atoms with Crippen LogP contribution in [0.15, 0.2) is 55.0 Å². The van der Waals surface area contributed by atoms with E-state index in [1.165, 1.54) is 0 Å². The van der Waals surface area contributed by atoms with E-state index in [0.717, 1.165) is 33.5 Å². The highest BCUT2D eigenvalue weighted by atomic mass is 15.3. The molecule has 0 aliphatic carbocycles. The number of nitrogens with one attached hydrogen (secondary N) is 2. The Kier molecular flexibility index (Phi) is 3.75. The van der Waals surface area contributed by atoms with Crippen LogP contribution in [0.25, 0.3) is 33.5 Å². The number of hydrogen-bond acceptors (Lipinski definition) is 6. The lowest BCUT2D eigenvalue weighted by atomic mass is 10.2. The predicted molar refractivity (Wildman–Crippen MR) is 108 cm³/mol. The molecule has 8 nitrogen and oxygen atoms in total. The van der Waals surface area contributed by atoms with E-state index in [2.05, 4.69) is 30.4 Å². The zero-order valence-electron chi connectivity index (χ0n) is 15.5. The molecule has 28 heavy (non-hydrogen) atoms. The Bertz CT molecular complexity index is 1240. The van der Waals surface area contributed by atoms with Crippen molar-refractivity contribution in [2.75, 3.05) is 5.32 Å². The summed E-state index contributed by atoms with van der Waals surface area (Å²) in [6.07, 6.45) is 5.26. The molecule has 5 rings (SSSR count). The van der Waals surface area contributed by atoms with Crippen molar-refractivity contribution in [3.63, 3.8) is 0 Å². The molecular weight excluding hydrogens is 352 g/mol. The molecule has 0 spiro atoms. The summed E-state index contributed by atoms with van der Waals surface area (Å²) in [7, 11) is 1.87. The minimum absolute atomic E-state index is 0.0764. The van der Waals surface area contributed by atoms with Crippen LogP contribution in [0, 0.1) is 0 Å². The van der Waals surface area contributed by atoms with Gasteiger partial charge >= 0.3 is 0 Å². The molecule has 138 valence electrons. The van der Waals surface area contributed by atoms with Crippen LogP contribution in [-0.2, 0) is 7.05 Å². The Balaban J connectivity index is 1.57. The van der Waals surface area contributed by atoms with Gasteiger partial charge in [0.1, 0.15) is 11.6 Å². The summed E-state index contributed by atoms with van der Waals surface area (Å²) in [6, 6.07) is 11.7. The second-order valence-corrected chi connectivity index (χ2v) is 6.65. The van der Waals surface area contributed by atoms with Gasteiger partial charge in [0.2, 0.25) is 0 Å². The maximum atomic E-state index is 4.75. The highest BCUT2D eigenvalue weighted by Gasteiger charge is 2.17. The van der Waals surface area contributed by atoms with Crippen LogP contribution in [0.4, 0.5) is 5.82 Å². The number of para-hydroxylation sites is 2. The van der Waals surface area contributed by atoms with Gasteiger partial charge in [0.25, 0.3) is 0 Å². The van der Waals surface area contributed by atoms with Gasteiger partial charge < -0.3 is 10.3 Å². The van der Waals surface area contributed by atoms with Crippen molar-refractivity contribution < 1.29 is 0 Å². The molecule has 0 amide bonds. The topological polar surface area (TPSA) is 97.2 Å². The first-order valence-electron chi connectivity index (χ1n) is 9.00. The Morgan fingerprint density at radius 2 is 1.93 bits per heavy atom. The summed E-state index contributed by atoms with van der Waals surface area (Å²) >= 11 is 0. The molecule has 0 saturated heterocycles. The average Bonchev–Trinajstić information content (AvgIpc) is 3.33. The fourth-order valence-electron chi connectivity index (χ4n) is 3.21. The Hall–Kier alpha value is -3.81. The lowest BCUT2D eigenvalue weighted by Crippen LogP contribution is -2.11. The van der Waals surface area contributed by atoms with Gasteiger partial charge in [-0.05, 0) is 31.2 Å². The lowest BCUT2D eigenvalue weighted by molar-refractivity contribution is 0.785. The number of fused-ring (bicyclic) bond motifs is 2. The van der Waals surface area contributed by atoms with E-state index in [-0.39, 0.29) is 6.04 Å². The molecule has 0 radical (unpaired) electrons. The highest BCUT2D eigenvalue weighted by molar-refractivity contribution is 5.88. The molecular formula is C20H18N8. The normalized spacial score (nSPS) is 12.5. The first-order chi connectivity index (χ1) is 13.7. The quantitative estimate of drug-likeness (QED) is 0.503. The van der Waals surface area contributed by atoms with Crippen LogP contribution in [0.1, 0.15) is 18.8 Å². The number of hydrogen-bond donors (Lipinski definition) is 2. The highest BCUT2D eigenvalue weighted by Crippen LogP contribution is 2.27. The van der Waals surface area contributed by atoms with Gasteiger partial charge in [-0.3, -0.25) is 9.67 Å². The van der Waals surface area contributed by atoms with Gasteiger partial charge in [-0.2, -0.15) is 5.10 Å². The number of imidazole rings is 1. The van der Waals surface area contributed by atoms with E-state index in [4.69, 9.17) is 4.98 Å². The molecule has 4 aromatic heterocycles. The monoisotopic (exact) mass is 370 g/mol. The van der Waals surface area contributed by atoms with Crippen LogP contribution in [-0.4, -0.2) is 34.7 Å². The van der Waals surface area contributed by atoms with Crippen LogP contribution in [0.5, 0.6) is 0 Å². The summed E-state index contributed by atoms with van der Waals surface area (Å²) < 4.78 is 1.74. The second-order valence-electron chi connectivity index (χ2n) is 6.65. The molecule has 0 fully saturated rings. The number of aromatic nitrogens is 7. The number of aromatic amines is 1. The summed E-state index contributed by atoms with van der Waals surface area (Å²) in [5.74, 6) is 2.16. The van der Waals surface area contributed by atoms with Crippen molar-refractivity contribution in [1.82, 2.24) is 34.7 Å². The van der Waals surface area contributed by atoms with Crippen molar-refractivity contribution in [3.05, 3.63) is 60.8 Å². The third kappa shape index (κ3) is 2.75. The number of aryl methyl sites for hydroxylation is 1.